The molecule has 0 amide bonds. The molecule has 9 heteroatoms. The third-order valence-electron chi connectivity index (χ3n) is 4.20. The zero-order valence-electron chi connectivity index (χ0n) is 15.3. The van der Waals surface area contributed by atoms with Crippen LogP contribution in [-0.4, -0.2) is 18.4 Å². The molecule has 0 saturated carbocycles. The molecular weight excluding hydrogens is 478 g/mol. The molecule has 0 fully saturated rings. The van der Waals surface area contributed by atoms with E-state index in [-0.39, 0.29) is 11.5 Å². The molecule has 0 aliphatic carbocycles. The van der Waals surface area contributed by atoms with E-state index in [1.807, 2.05) is 26.0 Å². The van der Waals surface area contributed by atoms with Crippen LogP contribution >= 0.6 is 34.4 Å². The van der Waals surface area contributed by atoms with Crippen LogP contribution < -0.4 is 10.6 Å². The standard InChI is InChI=1S/C19H19BrN2O3P2S/c1-11-9-21-12(2)22-18(11)15-7-8-17(26)16(19(15)27)10-25-28(23,24)14-5-3-13(20)4-6-14/h3-9H,10,26-27H2,1-2H3. The molecule has 2 aromatic carbocycles. The highest BCUT2D eigenvalue weighted by molar-refractivity contribution is 9.10. The molecule has 2 atom stereocenters. The maximum absolute atomic E-state index is 12.5. The van der Waals surface area contributed by atoms with E-state index in [0.717, 1.165) is 37.5 Å². The van der Waals surface area contributed by atoms with Gasteiger partial charge in [-0.15, -0.1) is 18.5 Å². The summed E-state index contributed by atoms with van der Waals surface area (Å²) in [5, 5.41) is 1.71. The van der Waals surface area contributed by atoms with Crippen molar-refractivity contribution >= 4 is 55.1 Å². The average molecular weight is 497 g/mol. The van der Waals surface area contributed by atoms with Gasteiger partial charge in [-0.05, 0) is 59.8 Å². The molecule has 0 radical (unpaired) electrons. The van der Waals surface area contributed by atoms with E-state index in [1.165, 1.54) is 12.1 Å². The van der Waals surface area contributed by atoms with Gasteiger partial charge in [-0.3, -0.25) is 4.18 Å². The highest BCUT2D eigenvalue weighted by atomic mass is 79.9. The van der Waals surface area contributed by atoms with Gasteiger partial charge in [0.25, 0.3) is 10.1 Å². The Morgan fingerprint density at radius 2 is 1.75 bits per heavy atom. The minimum Gasteiger partial charge on any atom is -0.261 e. The molecule has 146 valence electrons. The van der Waals surface area contributed by atoms with Gasteiger partial charge in [0.15, 0.2) is 0 Å². The second-order valence-electron chi connectivity index (χ2n) is 6.21. The van der Waals surface area contributed by atoms with Crippen molar-refractivity contribution in [1.29, 1.82) is 0 Å². The number of aryl methyl sites for hydroxylation is 2. The largest absolute Gasteiger partial charge is 0.297 e. The molecule has 0 aliphatic heterocycles. The first-order valence-corrected chi connectivity index (χ1v) is 11.7. The van der Waals surface area contributed by atoms with Crippen molar-refractivity contribution in [3.05, 3.63) is 64.0 Å². The van der Waals surface area contributed by atoms with Crippen molar-refractivity contribution in [1.82, 2.24) is 9.97 Å². The van der Waals surface area contributed by atoms with Crippen LogP contribution in [0.2, 0.25) is 0 Å². The number of halogens is 1. The monoisotopic (exact) mass is 496 g/mol. The van der Waals surface area contributed by atoms with Gasteiger partial charge in [-0.25, -0.2) is 9.97 Å². The van der Waals surface area contributed by atoms with Crippen LogP contribution in [0.25, 0.3) is 11.3 Å². The van der Waals surface area contributed by atoms with Crippen LogP contribution in [-0.2, 0) is 20.9 Å². The van der Waals surface area contributed by atoms with Crippen LogP contribution in [0.3, 0.4) is 0 Å². The van der Waals surface area contributed by atoms with Gasteiger partial charge in [0, 0.05) is 16.2 Å². The number of hydrogen-bond donors (Lipinski definition) is 0. The summed E-state index contributed by atoms with van der Waals surface area (Å²) in [6.07, 6.45) is 1.78. The second kappa shape index (κ2) is 8.64. The van der Waals surface area contributed by atoms with E-state index >= 15 is 0 Å². The van der Waals surface area contributed by atoms with Gasteiger partial charge in [0.2, 0.25) is 0 Å². The Kier molecular flexibility index (Phi) is 6.63. The number of hydrogen-bond acceptors (Lipinski definition) is 5. The molecule has 3 rings (SSSR count). The molecule has 28 heavy (non-hydrogen) atoms. The van der Waals surface area contributed by atoms with Gasteiger partial charge in [0.1, 0.15) is 5.82 Å². The van der Waals surface area contributed by atoms with Crippen molar-refractivity contribution in [3.63, 3.8) is 0 Å². The van der Waals surface area contributed by atoms with Crippen molar-refractivity contribution < 1.29 is 12.6 Å². The lowest BCUT2D eigenvalue weighted by atomic mass is 10.0. The predicted octanol–water partition coefficient (Wildman–Crippen LogP) is 3.43. The van der Waals surface area contributed by atoms with Crippen LogP contribution in [0, 0.1) is 13.8 Å². The van der Waals surface area contributed by atoms with E-state index in [1.54, 1.807) is 18.3 Å². The van der Waals surface area contributed by atoms with Gasteiger partial charge in [-0.2, -0.15) is 8.42 Å². The number of nitrogens with zero attached hydrogens (tertiary/aromatic N) is 2. The first-order valence-electron chi connectivity index (χ1n) is 8.31. The van der Waals surface area contributed by atoms with Crippen molar-refractivity contribution in [3.8, 4) is 11.3 Å². The lowest BCUT2D eigenvalue weighted by Crippen LogP contribution is -2.19. The van der Waals surface area contributed by atoms with Crippen LogP contribution in [0.4, 0.5) is 0 Å². The quantitative estimate of drug-likeness (QED) is 0.399. The third-order valence-corrected chi connectivity index (χ3v) is 7.21. The molecule has 0 saturated heterocycles. The molecule has 1 heterocycles. The summed E-state index contributed by atoms with van der Waals surface area (Å²) in [5.74, 6) is 0.676. The lowest BCUT2D eigenvalue weighted by molar-refractivity contribution is 0.310. The summed E-state index contributed by atoms with van der Waals surface area (Å²) in [6.45, 7) is 3.71. The van der Waals surface area contributed by atoms with E-state index in [4.69, 9.17) is 4.18 Å². The first-order chi connectivity index (χ1) is 13.2. The lowest BCUT2D eigenvalue weighted by Gasteiger charge is -2.15. The maximum atomic E-state index is 12.5. The van der Waals surface area contributed by atoms with E-state index < -0.39 is 10.1 Å². The Hall–Kier alpha value is -1.23. The molecule has 2 unspecified atom stereocenters. The Morgan fingerprint density at radius 1 is 1.07 bits per heavy atom. The Morgan fingerprint density at radius 3 is 2.43 bits per heavy atom. The van der Waals surface area contributed by atoms with Gasteiger partial charge in [-0.1, -0.05) is 28.1 Å². The van der Waals surface area contributed by atoms with Crippen LogP contribution in [0.15, 0.2) is 52.0 Å². The molecule has 0 aliphatic rings. The normalized spacial score (nSPS) is 11.6. The highest BCUT2D eigenvalue weighted by Gasteiger charge is 2.18. The minimum absolute atomic E-state index is 0.0764. The first kappa shape index (κ1) is 21.5. The van der Waals surface area contributed by atoms with Crippen LogP contribution in [0.5, 0.6) is 0 Å². The zero-order chi connectivity index (χ0) is 20.5. The summed E-state index contributed by atoms with van der Waals surface area (Å²) in [6, 6.07) is 10.2. The summed E-state index contributed by atoms with van der Waals surface area (Å²) < 4.78 is 31.2. The molecule has 0 N–H and O–H groups in total. The summed E-state index contributed by atoms with van der Waals surface area (Å²) in [4.78, 5) is 8.87. The SMILES string of the molecule is Cc1ncc(C)c(-c2ccc(P)c(COS(=O)(=O)c3ccc(Br)cc3)c2P)n1. The predicted molar refractivity (Wildman–Crippen MR) is 122 cm³/mol. The molecule has 1 aromatic heterocycles. The Bertz CT molecular complexity index is 1140. The topological polar surface area (TPSA) is 69.2 Å². The fourth-order valence-corrected chi connectivity index (χ4v) is 4.79. The van der Waals surface area contributed by atoms with Crippen molar-refractivity contribution in [2.45, 2.75) is 25.3 Å². The Balaban J connectivity index is 1.94. The maximum Gasteiger partial charge on any atom is 0.297 e. The second-order valence-corrected chi connectivity index (χ2v) is 9.94. The van der Waals surface area contributed by atoms with Crippen molar-refractivity contribution in [2.24, 2.45) is 0 Å². The average Bonchev–Trinajstić information content (AvgIpc) is 2.64. The van der Waals surface area contributed by atoms with Gasteiger partial charge >= 0.3 is 0 Å². The van der Waals surface area contributed by atoms with Crippen LogP contribution in [0.1, 0.15) is 17.0 Å². The number of aromatic nitrogens is 2. The van der Waals surface area contributed by atoms with E-state index in [0.29, 0.717) is 5.82 Å². The van der Waals surface area contributed by atoms with Crippen molar-refractivity contribution in [2.75, 3.05) is 0 Å². The fraction of sp³-hybridized carbons (Fsp3) is 0.158. The Labute approximate surface area is 178 Å². The molecular formula is C19H19BrN2O3P2S. The number of rotatable bonds is 5. The van der Waals surface area contributed by atoms with E-state index in [9.17, 15) is 8.42 Å². The highest BCUT2D eigenvalue weighted by Crippen LogP contribution is 2.24. The smallest absolute Gasteiger partial charge is 0.261 e. The molecule has 5 nitrogen and oxygen atoms in total. The minimum atomic E-state index is -3.87. The fourth-order valence-electron chi connectivity index (χ4n) is 2.66. The van der Waals surface area contributed by atoms with Gasteiger partial charge in [0.05, 0.1) is 17.2 Å². The summed E-state index contributed by atoms with van der Waals surface area (Å²) >= 11 is 3.30. The zero-order valence-corrected chi connectivity index (χ0v) is 20.0. The molecule has 3 aromatic rings. The summed E-state index contributed by atoms with van der Waals surface area (Å²) in [5.41, 5.74) is 3.43. The molecule has 0 spiro atoms. The summed E-state index contributed by atoms with van der Waals surface area (Å²) in [7, 11) is 1.44. The number of benzene rings is 2. The van der Waals surface area contributed by atoms with E-state index in [2.05, 4.69) is 44.4 Å². The third kappa shape index (κ3) is 4.67. The van der Waals surface area contributed by atoms with Gasteiger partial charge < -0.3 is 0 Å². The molecule has 0 bridgehead atoms.